The molecule has 6 nitrogen and oxygen atoms in total. The molecule has 3 heterocycles. The summed E-state index contributed by atoms with van der Waals surface area (Å²) in [4.78, 5) is 33.4. The van der Waals surface area contributed by atoms with Crippen molar-refractivity contribution in [2.45, 2.75) is 44.9 Å². The number of carbonyl (C=O) groups is 2. The molecule has 1 aromatic heterocycles. The molecule has 1 aromatic carbocycles. The molecule has 0 N–H and O–H groups in total. The first-order valence-corrected chi connectivity index (χ1v) is 14.6. The van der Waals surface area contributed by atoms with E-state index >= 15 is 0 Å². The number of imide groups is 1. The Bertz CT molecular complexity index is 1100. The summed E-state index contributed by atoms with van der Waals surface area (Å²) in [5.41, 5.74) is 0. The Balaban J connectivity index is 0.986. The summed E-state index contributed by atoms with van der Waals surface area (Å²) in [5, 5.41) is 1.27. The lowest BCUT2D eigenvalue weighted by molar-refractivity contribution is -0.142. The molecule has 0 spiro atoms. The fraction of sp³-hybridized carbons (Fsp3) is 0.679. The first-order chi connectivity index (χ1) is 17.2. The maximum atomic E-state index is 13.3. The maximum absolute atomic E-state index is 13.3. The Morgan fingerprint density at radius 2 is 1.49 bits per heavy atom. The molecule has 3 saturated carbocycles. The number of aromatic nitrogens is 1. The maximum Gasteiger partial charge on any atom is 0.233 e. The molecular weight excluding hydrogens is 456 g/mol. The molecule has 5 aliphatic rings. The van der Waals surface area contributed by atoms with E-state index in [-0.39, 0.29) is 23.7 Å². The lowest BCUT2D eigenvalue weighted by Gasteiger charge is -2.40. The molecule has 6 atom stereocenters. The topological polar surface area (TPSA) is 56.8 Å². The van der Waals surface area contributed by atoms with Gasteiger partial charge in [0.2, 0.25) is 11.8 Å². The molecule has 2 saturated heterocycles. The molecule has 3 aliphatic carbocycles. The van der Waals surface area contributed by atoms with Gasteiger partial charge < -0.3 is 4.90 Å². The predicted molar refractivity (Wildman–Crippen MR) is 138 cm³/mol. The molecule has 35 heavy (non-hydrogen) atoms. The Labute approximate surface area is 211 Å². The van der Waals surface area contributed by atoms with Crippen LogP contribution in [0.2, 0.25) is 0 Å². The molecule has 2 aromatic rings. The zero-order valence-electron chi connectivity index (χ0n) is 20.5. The molecule has 7 heteroatoms. The number of anilines is 1. The molecule has 2 bridgehead atoms. The zero-order chi connectivity index (χ0) is 23.5. The van der Waals surface area contributed by atoms with E-state index in [0.717, 1.165) is 64.2 Å². The highest BCUT2D eigenvalue weighted by Crippen LogP contribution is 2.56. The van der Waals surface area contributed by atoms with Crippen molar-refractivity contribution in [3.63, 3.8) is 0 Å². The lowest BCUT2D eigenvalue weighted by atomic mass is 9.78. The quantitative estimate of drug-likeness (QED) is 0.584. The SMILES string of the molecule is O=C1[C@@H]2[C@H]3CCC(C3)[C@@H]2C(=O)N1C[C@@H]1CCCC[C@@H]1CN1CCN(c2nsc3ccccc23)CC1. The van der Waals surface area contributed by atoms with Gasteiger partial charge in [-0.15, -0.1) is 0 Å². The van der Waals surface area contributed by atoms with Crippen LogP contribution in [0.1, 0.15) is 44.9 Å². The minimum Gasteiger partial charge on any atom is -0.353 e. The molecule has 2 aliphatic heterocycles. The third kappa shape index (κ3) is 3.72. The Hall–Kier alpha value is -1.99. The third-order valence-electron chi connectivity index (χ3n) is 10.0. The van der Waals surface area contributed by atoms with E-state index in [1.807, 2.05) is 0 Å². The van der Waals surface area contributed by atoms with Gasteiger partial charge >= 0.3 is 0 Å². The van der Waals surface area contributed by atoms with Crippen molar-refractivity contribution in [3.8, 4) is 0 Å². The summed E-state index contributed by atoms with van der Waals surface area (Å²) in [7, 11) is 0. The van der Waals surface area contributed by atoms with Crippen molar-refractivity contribution in [1.29, 1.82) is 0 Å². The number of nitrogens with zero attached hydrogens (tertiary/aromatic N) is 4. The van der Waals surface area contributed by atoms with Gasteiger partial charge in [0, 0.05) is 44.7 Å². The average molecular weight is 493 g/mol. The van der Waals surface area contributed by atoms with Crippen LogP contribution < -0.4 is 4.90 Å². The van der Waals surface area contributed by atoms with Crippen LogP contribution in [0.15, 0.2) is 24.3 Å². The second-order valence-electron chi connectivity index (χ2n) is 11.8. The number of benzene rings is 1. The highest BCUT2D eigenvalue weighted by Gasteiger charge is 2.61. The Morgan fingerprint density at radius 3 is 2.20 bits per heavy atom. The first kappa shape index (κ1) is 22.2. The van der Waals surface area contributed by atoms with Gasteiger partial charge in [-0.3, -0.25) is 19.4 Å². The summed E-state index contributed by atoms with van der Waals surface area (Å²) in [6, 6.07) is 8.54. The first-order valence-electron chi connectivity index (χ1n) is 13.8. The van der Waals surface area contributed by atoms with Gasteiger partial charge in [-0.25, -0.2) is 0 Å². The van der Waals surface area contributed by atoms with Crippen molar-refractivity contribution in [2.24, 2.45) is 35.5 Å². The Morgan fingerprint density at radius 1 is 0.829 bits per heavy atom. The van der Waals surface area contributed by atoms with E-state index in [0.29, 0.717) is 30.2 Å². The van der Waals surface area contributed by atoms with Gasteiger partial charge in [-0.2, -0.15) is 4.37 Å². The van der Waals surface area contributed by atoms with Gasteiger partial charge in [0.15, 0.2) is 0 Å². The van der Waals surface area contributed by atoms with E-state index < -0.39 is 0 Å². The van der Waals surface area contributed by atoms with Gasteiger partial charge in [0.25, 0.3) is 0 Å². The van der Waals surface area contributed by atoms with Crippen LogP contribution in [0.5, 0.6) is 0 Å². The minimum atomic E-state index is 0.0261. The number of amides is 2. The van der Waals surface area contributed by atoms with Crippen LogP contribution in [0.4, 0.5) is 5.82 Å². The largest absolute Gasteiger partial charge is 0.353 e. The van der Waals surface area contributed by atoms with Crippen LogP contribution in [0, 0.1) is 35.5 Å². The van der Waals surface area contributed by atoms with E-state index in [1.165, 1.54) is 29.3 Å². The average Bonchev–Trinajstić information content (AvgIpc) is 3.66. The van der Waals surface area contributed by atoms with Crippen molar-refractivity contribution in [3.05, 3.63) is 24.3 Å². The molecule has 7 rings (SSSR count). The molecule has 186 valence electrons. The smallest absolute Gasteiger partial charge is 0.233 e. The number of carbonyl (C=O) groups excluding carboxylic acids is 2. The summed E-state index contributed by atoms with van der Waals surface area (Å²) < 4.78 is 6.02. The number of piperazine rings is 1. The van der Waals surface area contributed by atoms with E-state index in [2.05, 4.69) is 34.1 Å². The van der Waals surface area contributed by atoms with Crippen LogP contribution in [0.25, 0.3) is 10.1 Å². The van der Waals surface area contributed by atoms with Crippen LogP contribution >= 0.6 is 11.5 Å². The van der Waals surface area contributed by atoms with E-state index in [4.69, 9.17) is 4.37 Å². The lowest BCUT2D eigenvalue weighted by Crippen LogP contribution is -2.49. The zero-order valence-corrected chi connectivity index (χ0v) is 21.3. The van der Waals surface area contributed by atoms with Gasteiger partial charge in [-0.1, -0.05) is 25.0 Å². The molecule has 0 radical (unpaired) electrons. The number of likely N-dealkylation sites (tertiary alicyclic amines) is 1. The molecule has 1 unspecified atom stereocenters. The monoisotopic (exact) mass is 492 g/mol. The molecular formula is C28H36N4O2S. The number of rotatable bonds is 5. The number of fused-ring (bicyclic) bond motifs is 6. The van der Waals surface area contributed by atoms with Crippen molar-refractivity contribution < 1.29 is 9.59 Å². The standard InChI is InChI=1S/C28H36N4O2S/c33-27-24-18-9-10-19(15-18)25(24)28(34)32(27)17-21-6-2-1-5-20(21)16-30-11-13-31(14-12-30)26-22-7-3-4-8-23(22)35-29-26/h3-4,7-8,18-21,24-25H,1-2,5-6,9-17H2/t18-,19?,20+,21-,24+,25-/m0/s1. The molecule has 5 fully saturated rings. The highest BCUT2D eigenvalue weighted by atomic mass is 32.1. The van der Waals surface area contributed by atoms with Crippen LogP contribution in [0.3, 0.4) is 0 Å². The summed E-state index contributed by atoms with van der Waals surface area (Å²) in [6.07, 6.45) is 8.35. The third-order valence-corrected chi connectivity index (χ3v) is 10.8. The van der Waals surface area contributed by atoms with Crippen molar-refractivity contribution in [1.82, 2.24) is 14.2 Å². The second kappa shape index (κ2) is 8.84. The minimum absolute atomic E-state index is 0.0261. The summed E-state index contributed by atoms with van der Waals surface area (Å²) in [6.45, 7) is 5.93. The van der Waals surface area contributed by atoms with Crippen LogP contribution in [-0.4, -0.2) is 65.3 Å². The number of hydrogen-bond donors (Lipinski definition) is 0. The summed E-state index contributed by atoms with van der Waals surface area (Å²) >= 11 is 1.60. The normalized spacial score (nSPS) is 35.4. The van der Waals surface area contributed by atoms with Crippen LogP contribution in [-0.2, 0) is 9.59 Å². The number of hydrogen-bond acceptors (Lipinski definition) is 6. The van der Waals surface area contributed by atoms with Crippen molar-refractivity contribution >= 4 is 39.3 Å². The van der Waals surface area contributed by atoms with Gasteiger partial charge in [-0.05, 0) is 79.4 Å². The fourth-order valence-corrected chi connectivity index (χ4v) is 9.02. The molecule has 2 amide bonds. The van der Waals surface area contributed by atoms with Gasteiger partial charge in [0.1, 0.15) is 5.82 Å². The second-order valence-corrected chi connectivity index (χ2v) is 12.6. The Kier molecular flexibility index (Phi) is 5.61. The van der Waals surface area contributed by atoms with Gasteiger partial charge in [0.05, 0.1) is 16.5 Å². The fourth-order valence-electron chi connectivity index (χ4n) is 8.22. The van der Waals surface area contributed by atoms with E-state index in [1.54, 1.807) is 16.4 Å². The predicted octanol–water partition coefficient (Wildman–Crippen LogP) is 4.26. The summed E-state index contributed by atoms with van der Waals surface area (Å²) in [5.74, 6) is 3.59. The highest BCUT2D eigenvalue weighted by molar-refractivity contribution is 7.13. The van der Waals surface area contributed by atoms with E-state index in [9.17, 15) is 9.59 Å². The van der Waals surface area contributed by atoms with Crippen molar-refractivity contribution in [2.75, 3.05) is 44.2 Å².